The smallest absolute Gasteiger partial charge is 0.255 e. The van der Waals surface area contributed by atoms with Gasteiger partial charge in [0, 0.05) is 28.7 Å². The Bertz CT molecular complexity index is 1640. The van der Waals surface area contributed by atoms with Gasteiger partial charge in [0.15, 0.2) is 11.5 Å². The van der Waals surface area contributed by atoms with Crippen molar-refractivity contribution in [2.75, 3.05) is 11.9 Å². The van der Waals surface area contributed by atoms with Gasteiger partial charge in [0.2, 0.25) is 0 Å². The second-order valence-electron chi connectivity index (χ2n) is 13.8. The maximum atomic E-state index is 13.3. The zero-order valence-electron chi connectivity index (χ0n) is 29.1. The van der Waals surface area contributed by atoms with Crippen LogP contribution in [0.1, 0.15) is 144 Å². The van der Waals surface area contributed by atoms with Gasteiger partial charge in [0.05, 0.1) is 11.4 Å². The van der Waals surface area contributed by atoms with Crippen LogP contribution in [0.25, 0.3) is 17.0 Å². The van der Waals surface area contributed by atoms with Crippen LogP contribution >= 0.6 is 11.6 Å². The van der Waals surface area contributed by atoms with Crippen molar-refractivity contribution in [3.05, 3.63) is 64.3 Å². The van der Waals surface area contributed by atoms with Crippen molar-refractivity contribution < 1.29 is 14.7 Å². The summed E-state index contributed by atoms with van der Waals surface area (Å²) in [5, 5.41) is 25.7. The summed E-state index contributed by atoms with van der Waals surface area (Å²) in [5.41, 5.74) is 2.61. The third kappa shape index (κ3) is 10.6. The summed E-state index contributed by atoms with van der Waals surface area (Å²) in [6, 6.07) is 11.2. The number of amides is 2. The van der Waals surface area contributed by atoms with Crippen molar-refractivity contribution in [3.63, 3.8) is 0 Å². The third-order valence-corrected chi connectivity index (χ3v) is 9.02. The number of nitrogens with one attached hydrogen (secondary N) is 3. The molecule has 0 aliphatic heterocycles. The topological polar surface area (TPSA) is 124 Å². The number of halogens is 1. The number of carbonyl (C=O) groups is 2. The molecule has 9 nitrogen and oxygen atoms in total. The molecule has 0 saturated heterocycles. The summed E-state index contributed by atoms with van der Waals surface area (Å²) < 4.78 is 1.43. The number of rotatable bonds is 19. The molecule has 0 saturated carbocycles. The van der Waals surface area contributed by atoms with Crippen molar-refractivity contribution in [2.45, 2.75) is 123 Å². The number of benzene rings is 2. The zero-order chi connectivity index (χ0) is 34.5. The molecule has 0 radical (unpaired) electrons. The van der Waals surface area contributed by atoms with E-state index in [1.54, 1.807) is 30.3 Å². The van der Waals surface area contributed by atoms with Gasteiger partial charge >= 0.3 is 0 Å². The van der Waals surface area contributed by atoms with Crippen molar-refractivity contribution >= 4 is 34.7 Å². The monoisotopic (exact) mass is 676 g/mol. The molecule has 2 heterocycles. The van der Waals surface area contributed by atoms with E-state index in [1.807, 2.05) is 20.8 Å². The SMILES string of the molecule is CCCCCCCCCCCCCCCCNC(=O)c1cccc(C(=O)Nc2ccc(O)cc2-c2nn3nc(C(C)(C)C)c(Cl)c3[nH]2)c1. The fourth-order valence-corrected chi connectivity index (χ4v) is 6.30. The number of phenols is 1. The molecule has 0 aliphatic carbocycles. The van der Waals surface area contributed by atoms with Gasteiger partial charge in [0.25, 0.3) is 11.8 Å². The molecule has 2 amide bonds. The summed E-state index contributed by atoms with van der Waals surface area (Å²) in [7, 11) is 0. The molecule has 4 aromatic rings. The fourth-order valence-electron chi connectivity index (χ4n) is 5.85. The van der Waals surface area contributed by atoms with Gasteiger partial charge in [0.1, 0.15) is 10.8 Å². The van der Waals surface area contributed by atoms with E-state index in [0.717, 1.165) is 12.8 Å². The van der Waals surface area contributed by atoms with Gasteiger partial charge in [-0.1, -0.05) is 129 Å². The second kappa shape index (κ2) is 18.1. The Balaban J connectivity index is 1.23. The molecule has 0 unspecified atom stereocenters. The van der Waals surface area contributed by atoms with Crippen LogP contribution in [0.3, 0.4) is 0 Å². The highest BCUT2D eigenvalue weighted by molar-refractivity contribution is 6.34. The Morgan fingerprint density at radius 1 is 0.812 bits per heavy atom. The van der Waals surface area contributed by atoms with E-state index >= 15 is 0 Å². The van der Waals surface area contributed by atoms with E-state index in [0.29, 0.717) is 51.1 Å². The number of aromatic hydroxyl groups is 1. The first kappa shape index (κ1) is 37.0. The molecular formula is C38H53ClN6O3. The van der Waals surface area contributed by atoms with E-state index < -0.39 is 5.91 Å². The predicted octanol–water partition coefficient (Wildman–Crippen LogP) is 9.84. The highest BCUT2D eigenvalue weighted by Gasteiger charge is 2.26. The van der Waals surface area contributed by atoms with Gasteiger partial charge in [-0.3, -0.25) is 9.59 Å². The molecule has 0 aliphatic rings. The number of hydrogen-bond acceptors (Lipinski definition) is 5. The molecule has 0 fully saturated rings. The van der Waals surface area contributed by atoms with Crippen LogP contribution in [-0.2, 0) is 5.41 Å². The number of unbranched alkanes of at least 4 members (excludes halogenated alkanes) is 13. The molecule has 260 valence electrons. The number of aromatic nitrogens is 4. The maximum Gasteiger partial charge on any atom is 0.255 e. The molecule has 0 atom stereocenters. The normalized spacial score (nSPS) is 11.7. The lowest BCUT2D eigenvalue weighted by Gasteiger charge is -2.14. The number of H-pyrrole nitrogens is 1. The number of phenolic OH excluding ortho intramolecular Hbond substituents is 1. The largest absolute Gasteiger partial charge is 0.508 e. The summed E-state index contributed by atoms with van der Waals surface area (Å²) >= 11 is 6.61. The van der Waals surface area contributed by atoms with Crippen LogP contribution in [0.2, 0.25) is 5.02 Å². The van der Waals surface area contributed by atoms with E-state index in [-0.39, 0.29) is 17.1 Å². The van der Waals surface area contributed by atoms with Gasteiger partial charge in [-0.25, -0.2) is 0 Å². The van der Waals surface area contributed by atoms with Crippen molar-refractivity contribution in [1.29, 1.82) is 0 Å². The average molecular weight is 677 g/mol. The molecule has 0 bridgehead atoms. The highest BCUT2D eigenvalue weighted by Crippen LogP contribution is 2.34. The molecule has 0 spiro atoms. The summed E-state index contributed by atoms with van der Waals surface area (Å²) in [4.78, 5) is 29.4. The molecular weight excluding hydrogens is 624 g/mol. The van der Waals surface area contributed by atoms with Gasteiger partial charge in [-0.15, -0.1) is 9.73 Å². The molecule has 2 aromatic carbocycles. The molecule has 2 aromatic heterocycles. The number of anilines is 1. The number of carbonyl (C=O) groups excluding carboxylic acids is 2. The molecule has 10 heteroatoms. The van der Waals surface area contributed by atoms with Crippen LogP contribution in [-0.4, -0.2) is 43.3 Å². The summed E-state index contributed by atoms with van der Waals surface area (Å²) in [5.74, 6) is -0.207. The lowest BCUT2D eigenvalue weighted by atomic mass is 9.92. The molecule has 48 heavy (non-hydrogen) atoms. The van der Waals surface area contributed by atoms with E-state index in [1.165, 1.54) is 93.8 Å². The molecule has 4 rings (SSSR count). The van der Waals surface area contributed by atoms with Gasteiger partial charge < -0.3 is 20.7 Å². The van der Waals surface area contributed by atoms with E-state index in [2.05, 4.69) is 32.7 Å². The third-order valence-electron chi connectivity index (χ3n) is 8.66. The van der Waals surface area contributed by atoms with Crippen LogP contribution in [0.5, 0.6) is 5.75 Å². The van der Waals surface area contributed by atoms with Crippen molar-refractivity contribution in [1.82, 2.24) is 25.1 Å². The minimum absolute atomic E-state index is 0.0102. The van der Waals surface area contributed by atoms with Gasteiger partial charge in [-0.05, 0) is 42.8 Å². The Morgan fingerprint density at radius 2 is 1.40 bits per heavy atom. The Hall–Kier alpha value is -3.85. The first-order valence-corrected chi connectivity index (χ1v) is 18.1. The minimum Gasteiger partial charge on any atom is -0.508 e. The average Bonchev–Trinajstić information content (AvgIpc) is 3.62. The number of nitrogens with zero attached hydrogens (tertiary/aromatic N) is 3. The van der Waals surface area contributed by atoms with E-state index in [4.69, 9.17) is 11.6 Å². The summed E-state index contributed by atoms with van der Waals surface area (Å²) in [6.07, 6.45) is 18.1. The Morgan fingerprint density at radius 3 is 1.98 bits per heavy atom. The molecule has 4 N–H and O–H groups in total. The highest BCUT2D eigenvalue weighted by atomic mass is 35.5. The quantitative estimate of drug-likeness (QED) is 0.0581. The first-order chi connectivity index (χ1) is 23.1. The standard InChI is InChI=1S/C38H53ClN6O3/c1-5-6-7-8-9-10-11-12-13-14-15-16-17-18-24-40-36(47)27-20-19-21-28(25-27)37(48)41-31-23-22-29(46)26-30(31)34-42-35-32(39)33(38(2,3)4)43-45(35)44-34/h19-23,25-26,46H,5-18,24H2,1-4H3,(H,40,47)(H,41,48)(H,42,44). The lowest BCUT2D eigenvalue weighted by molar-refractivity contribution is 0.0953. The van der Waals surface area contributed by atoms with Gasteiger partial charge in [-0.2, -0.15) is 5.10 Å². The zero-order valence-corrected chi connectivity index (χ0v) is 29.9. The van der Waals surface area contributed by atoms with Crippen LogP contribution in [0, 0.1) is 0 Å². The number of aromatic amines is 1. The second-order valence-corrected chi connectivity index (χ2v) is 14.2. The van der Waals surface area contributed by atoms with E-state index in [9.17, 15) is 14.7 Å². The van der Waals surface area contributed by atoms with Crippen LogP contribution in [0.4, 0.5) is 5.69 Å². The maximum absolute atomic E-state index is 13.3. The predicted molar refractivity (Wildman–Crippen MR) is 195 cm³/mol. The number of hydrogen-bond donors (Lipinski definition) is 4. The number of fused-ring (bicyclic) bond motifs is 1. The summed E-state index contributed by atoms with van der Waals surface area (Å²) in [6.45, 7) is 8.93. The van der Waals surface area contributed by atoms with Crippen LogP contribution in [0.15, 0.2) is 42.5 Å². The Kier molecular flexibility index (Phi) is 13.9. The fraction of sp³-hybridized carbons (Fsp3) is 0.526. The van der Waals surface area contributed by atoms with Crippen molar-refractivity contribution in [2.24, 2.45) is 0 Å². The first-order valence-electron chi connectivity index (χ1n) is 17.8. The van der Waals surface area contributed by atoms with Crippen LogP contribution < -0.4 is 10.6 Å². The Labute approximate surface area is 290 Å². The van der Waals surface area contributed by atoms with Crippen molar-refractivity contribution in [3.8, 4) is 17.1 Å². The minimum atomic E-state index is -0.395. The lowest BCUT2D eigenvalue weighted by Crippen LogP contribution is -2.25.